The van der Waals surface area contributed by atoms with Crippen LogP contribution in [0.4, 0.5) is 0 Å². The van der Waals surface area contributed by atoms with Gasteiger partial charge < -0.3 is 19.9 Å². The molecule has 1 aliphatic carbocycles. The van der Waals surface area contributed by atoms with Crippen LogP contribution in [-0.2, 0) is 28.0 Å². The van der Waals surface area contributed by atoms with Gasteiger partial charge >= 0.3 is 5.97 Å². The van der Waals surface area contributed by atoms with Crippen LogP contribution in [0, 0.1) is 6.92 Å². The number of phenolic OH excluding ortho intramolecular Hbond substituents is 1. The number of Topliss-reactive ketones (excluding diaryl/α,β-unsaturated/α-hetero) is 1. The fourth-order valence-corrected chi connectivity index (χ4v) is 4.66. The first-order valence-corrected chi connectivity index (χ1v) is 12.4. The van der Waals surface area contributed by atoms with Crippen molar-refractivity contribution in [2.24, 2.45) is 7.05 Å². The third kappa shape index (κ3) is 6.29. The fraction of sp³-hybridized carbons (Fsp3) is 0.310. The van der Waals surface area contributed by atoms with Crippen molar-refractivity contribution >= 4 is 11.8 Å². The van der Waals surface area contributed by atoms with E-state index in [2.05, 4.69) is 15.6 Å². The maximum Gasteiger partial charge on any atom is 0.336 e. The van der Waals surface area contributed by atoms with Crippen molar-refractivity contribution in [1.29, 1.82) is 0 Å². The van der Waals surface area contributed by atoms with E-state index in [-0.39, 0.29) is 24.7 Å². The van der Waals surface area contributed by atoms with Crippen molar-refractivity contribution in [3.05, 3.63) is 94.1 Å². The van der Waals surface area contributed by atoms with Crippen molar-refractivity contribution in [1.82, 2.24) is 20.3 Å². The van der Waals surface area contributed by atoms with Gasteiger partial charge in [0, 0.05) is 42.8 Å². The number of ketones is 1. The van der Waals surface area contributed by atoms with Gasteiger partial charge in [0.25, 0.3) is 0 Å². The lowest BCUT2D eigenvalue weighted by Crippen LogP contribution is -2.31. The van der Waals surface area contributed by atoms with E-state index in [4.69, 9.17) is 14.6 Å². The highest BCUT2D eigenvalue weighted by atomic mass is 16.5. The molecule has 0 radical (unpaired) electrons. The first-order chi connectivity index (χ1) is 18.2. The number of hydrogen-bond donors (Lipinski definition) is 2. The zero-order chi connectivity index (χ0) is 27.2. The number of aromatic hydroxyl groups is 1. The number of rotatable bonds is 5. The summed E-state index contributed by atoms with van der Waals surface area (Å²) in [6, 6.07) is 14.9. The van der Waals surface area contributed by atoms with Crippen LogP contribution in [0.15, 0.2) is 77.3 Å². The minimum Gasteiger partial charge on any atom is -0.508 e. The molecule has 1 atom stereocenters. The molecule has 198 valence electrons. The molecule has 2 aliphatic rings. The van der Waals surface area contributed by atoms with E-state index in [9.17, 15) is 9.59 Å². The quantitative estimate of drug-likeness (QED) is 0.484. The van der Waals surface area contributed by atoms with E-state index in [1.807, 2.05) is 50.2 Å². The lowest BCUT2D eigenvalue weighted by atomic mass is 9.78. The third-order valence-corrected chi connectivity index (χ3v) is 6.56. The van der Waals surface area contributed by atoms with Gasteiger partial charge in [-0.15, -0.1) is 5.10 Å². The van der Waals surface area contributed by atoms with E-state index >= 15 is 0 Å². The normalized spacial score (nSPS) is 16.7. The minimum atomic E-state index is -0.447. The van der Waals surface area contributed by atoms with Gasteiger partial charge in [-0.05, 0) is 49.6 Å². The molecule has 0 saturated heterocycles. The third-order valence-electron chi connectivity index (χ3n) is 6.56. The maximum atomic E-state index is 12.9. The van der Waals surface area contributed by atoms with E-state index in [1.165, 1.54) is 0 Å². The summed E-state index contributed by atoms with van der Waals surface area (Å²) in [6.07, 6.45) is 3.06. The highest BCUT2D eigenvalue weighted by Gasteiger charge is 2.34. The highest BCUT2D eigenvalue weighted by Crippen LogP contribution is 2.41. The first kappa shape index (κ1) is 26.7. The Morgan fingerprint density at radius 1 is 1.16 bits per heavy atom. The molecule has 5 rings (SSSR count). The summed E-state index contributed by atoms with van der Waals surface area (Å²) >= 11 is 0. The number of allylic oxidation sites excluding steroid dienone is 3. The topological polar surface area (TPSA) is 116 Å². The standard InChI is InChI=1S/C22H24N4O4.C7H8O/c1-13-17(22(28)30-12-15-11-26(2)25-24-15)10-18-19(23-13)8-14(9-20(18)27)16-6-4-5-7-21(16)29-3;1-6-3-2-4-7(8)5-6/h4-7,11,14,23H,8-10,12H2,1-3H3;2-5,8H,1H3/t14-;/m1./s1. The number of methoxy groups -OCH3 is 1. The Hall–Kier alpha value is -4.40. The minimum absolute atomic E-state index is 0.0397. The molecule has 9 nitrogen and oxygen atoms in total. The Balaban J connectivity index is 0.000000360. The lowest BCUT2D eigenvalue weighted by Gasteiger charge is -2.32. The van der Waals surface area contributed by atoms with Crippen LogP contribution in [0.1, 0.15) is 48.9 Å². The zero-order valence-corrected chi connectivity index (χ0v) is 22.0. The van der Waals surface area contributed by atoms with Crippen LogP contribution in [-0.4, -0.2) is 39.0 Å². The Morgan fingerprint density at radius 3 is 2.61 bits per heavy atom. The number of ether oxygens (including phenoxy) is 2. The molecule has 0 unspecified atom stereocenters. The number of aryl methyl sites for hydroxylation is 2. The number of nitrogens with one attached hydrogen (secondary N) is 1. The fourth-order valence-electron chi connectivity index (χ4n) is 4.66. The van der Waals surface area contributed by atoms with Gasteiger partial charge in [0.15, 0.2) is 5.78 Å². The van der Waals surface area contributed by atoms with Crippen LogP contribution in [0.2, 0.25) is 0 Å². The SMILES string of the molecule is COc1ccccc1[C@H]1CC(=O)C2=C(C1)NC(C)=C(C(=O)OCc1cn(C)nn1)C2.Cc1cccc(O)c1. The summed E-state index contributed by atoms with van der Waals surface area (Å²) in [4.78, 5) is 25.5. The van der Waals surface area contributed by atoms with Gasteiger partial charge in [-0.3, -0.25) is 9.48 Å². The Bertz CT molecular complexity index is 1390. The van der Waals surface area contributed by atoms with Crippen molar-refractivity contribution < 1.29 is 24.2 Å². The van der Waals surface area contributed by atoms with Crippen LogP contribution in [0.5, 0.6) is 11.5 Å². The second-order valence-electron chi connectivity index (χ2n) is 9.43. The molecule has 2 N–H and O–H groups in total. The first-order valence-electron chi connectivity index (χ1n) is 12.4. The van der Waals surface area contributed by atoms with Crippen LogP contribution < -0.4 is 10.1 Å². The summed E-state index contributed by atoms with van der Waals surface area (Å²) in [5, 5.41) is 19.8. The van der Waals surface area contributed by atoms with Gasteiger partial charge in [0.1, 0.15) is 23.8 Å². The summed E-state index contributed by atoms with van der Waals surface area (Å²) < 4.78 is 12.4. The number of benzene rings is 2. The summed E-state index contributed by atoms with van der Waals surface area (Å²) in [6.45, 7) is 3.82. The molecule has 0 amide bonds. The van der Waals surface area contributed by atoms with Gasteiger partial charge in [-0.2, -0.15) is 0 Å². The van der Waals surface area contributed by atoms with Gasteiger partial charge in [0.2, 0.25) is 0 Å². The predicted molar refractivity (Wildman–Crippen MR) is 141 cm³/mol. The van der Waals surface area contributed by atoms with Crippen LogP contribution >= 0.6 is 0 Å². The van der Waals surface area contributed by atoms with Crippen LogP contribution in [0.25, 0.3) is 0 Å². The van der Waals surface area contributed by atoms with E-state index in [1.54, 1.807) is 37.2 Å². The van der Waals surface area contributed by atoms with Gasteiger partial charge in [-0.1, -0.05) is 35.5 Å². The van der Waals surface area contributed by atoms with E-state index in [0.29, 0.717) is 41.1 Å². The van der Waals surface area contributed by atoms with E-state index < -0.39 is 5.97 Å². The van der Waals surface area contributed by atoms with Gasteiger partial charge in [0.05, 0.1) is 18.9 Å². The number of aromatic nitrogens is 3. The molecule has 0 fully saturated rings. The largest absolute Gasteiger partial charge is 0.508 e. The molecule has 0 bridgehead atoms. The molecule has 38 heavy (non-hydrogen) atoms. The average molecular weight is 517 g/mol. The Kier molecular flexibility index (Phi) is 8.25. The smallest absolute Gasteiger partial charge is 0.336 e. The predicted octanol–water partition coefficient (Wildman–Crippen LogP) is 4.24. The number of esters is 1. The Morgan fingerprint density at radius 2 is 1.95 bits per heavy atom. The summed E-state index contributed by atoms with van der Waals surface area (Å²) in [7, 11) is 3.38. The molecule has 2 aromatic carbocycles. The number of nitrogens with zero attached hydrogens (tertiary/aromatic N) is 3. The maximum absolute atomic E-state index is 12.9. The second kappa shape index (κ2) is 11.8. The Labute approximate surface area is 221 Å². The zero-order valence-electron chi connectivity index (χ0n) is 22.0. The van der Waals surface area contributed by atoms with Crippen molar-refractivity contribution in [3.63, 3.8) is 0 Å². The molecular weight excluding hydrogens is 484 g/mol. The molecule has 9 heteroatoms. The van der Waals surface area contributed by atoms with Gasteiger partial charge in [-0.25, -0.2) is 4.79 Å². The molecule has 1 aromatic heterocycles. The number of hydrogen-bond acceptors (Lipinski definition) is 8. The molecule has 0 spiro atoms. The number of phenols is 1. The number of carbonyl (C=O) groups is 2. The monoisotopic (exact) mass is 516 g/mol. The number of dihydropyridines is 1. The van der Waals surface area contributed by atoms with Crippen molar-refractivity contribution in [2.45, 2.75) is 45.6 Å². The van der Waals surface area contributed by atoms with Crippen molar-refractivity contribution in [3.8, 4) is 11.5 Å². The molecule has 1 aliphatic heterocycles. The number of para-hydroxylation sites is 1. The van der Waals surface area contributed by atoms with Crippen molar-refractivity contribution in [2.75, 3.05) is 7.11 Å². The second-order valence-corrected chi connectivity index (χ2v) is 9.43. The number of carbonyl (C=O) groups excluding carboxylic acids is 2. The molecule has 3 aromatic rings. The summed E-state index contributed by atoms with van der Waals surface area (Å²) in [5.41, 5.74) is 5.42. The van der Waals surface area contributed by atoms with E-state index in [0.717, 1.165) is 22.6 Å². The molecule has 0 saturated carbocycles. The average Bonchev–Trinajstić information content (AvgIpc) is 3.32. The summed E-state index contributed by atoms with van der Waals surface area (Å²) in [5.74, 6) is 0.766. The molecule has 2 heterocycles. The molecular formula is C29H32N4O5. The van der Waals surface area contributed by atoms with Crippen LogP contribution in [0.3, 0.4) is 0 Å². The highest BCUT2D eigenvalue weighted by molar-refractivity contribution is 6.01. The lowest BCUT2D eigenvalue weighted by molar-refractivity contribution is -0.140.